The van der Waals surface area contributed by atoms with Crippen LogP contribution in [0.25, 0.3) is 0 Å². The number of hydrogen-bond donors (Lipinski definition) is 1. The lowest BCUT2D eigenvalue weighted by atomic mass is 10.7. The molecule has 0 fully saturated rings. The molecule has 72 valence electrons. The van der Waals surface area contributed by atoms with Crippen LogP contribution < -0.4 is 5.73 Å². The number of hydrogen-bond acceptors (Lipinski definition) is 4. The summed E-state index contributed by atoms with van der Waals surface area (Å²) in [6.45, 7) is 7.55. The van der Waals surface area contributed by atoms with E-state index in [1.54, 1.807) is 13.8 Å². The van der Waals surface area contributed by atoms with E-state index >= 15 is 0 Å². The Morgan fingerprint density at radius 2 is 1.92 bits per heavy atom. The SMILES string of the molecule is C=CC(N)P(=O)(OCC)OCC. The second-order valence-corrected chi connectivity index (χ2v) is 4.29. The van der Waals surface area contributed by atoms with Crippen LogP contribution in [0.3, 0.4) is 0 Å². The standard InChI is InChI=1S/C7H16NO3P/c1-4-7(8)12(9,10-5-2)11-6-3/h4,7H,1,5-6,8H2,2-3H3. The molecule has 5 heteroatoms. The maximum absolute atomic E-state index is 11.7. The molecule has 0 radical (unpaired) electrons. The summed E-state index contributed by atoms with van der Waals surface area (Å²) in [6.07, 6.45) is 1.37. The van der Waals surface area contributed by atoms with E-state index in [9.17, 15) is 4.57 Å². The van der Waals surface area contributed by atoms with Gasteiger partial charge in [0.15, 0.2) is 0 Å². The Hall–Kier alpha value is -0.150. The Balaban J connectivity index is 4.37. The zero-order valence-electron chi connectivity index (χ0n) is 7.53. The molecule has 1 unspecified atom stereocenters. The largest absolute Gasteiger partial charge is 0.351 e. The molecule has 0 aromatic carbocycles. The van der Waals surface area contributed by atoms with Gasteiger partial charge in [-0.25, -0.2) is 0 Å². The molecule has 4 nitrogen and oxygen atoms in total. The van der Waals surface area contributed by atoms with Crippen LogP contribution in [0.2, 0.25) is 0 Å². The second kappa shape index (κ2) is 5.49. The monoisotopic (exact) mass is 193 g/mol. The van der Waals surface area contributed by atoms with Crippen molar-refractivity contribution in [3.8, 4) is 0 Å². The van der Waals surface area contributed by atoms with Gasteiger partial charge >= 0.3 is 7.60 Å². The van der Waals surface area contributed by atoms with Gasteiger partial charge in [-0.3, -0.25) is 4.57 Å². The molecule has 0 aromatic heterocycles. The molecule has 0 aromatic rings. The summed E-state index contributed by atoms with van der Waals surface area (Å²) in [6, 6.07) is 0. The molecule has 0 aliphatic carbocycles. The second-order valence-electron chi connectivity index (χ2n) is 2.10. The Kier molecular flexibility index (Phi) is 5.42. The number of rotatable bonds is 6. The van der Waals surface area contributed by atoms with Crippen molar-refractivity contribution in [1.82, 2.24) is 0 Å². The molecule has 2 N–H and O–H groups in total. The topological polar surface area (TPSA) is 61.6 Å². The van der Waals surface area contributed by atoms with Crippen molar-refractivity contribution in [2.24, 2.45) is 5.73 Å². The molecule has 0 saturated carbocycles. The minimum atomic E-state index is -3.15. The van der Waals surface area contributed by atoms with E-state index < -0.39 is 13.4 Å². The molecule has 0 aliphatic heterocycles. The third kappa shape index (κ3) is 3.07. The van der Waals surface area contributed by atoms with E-state index in [0.717, 1.165) is 0 Å². The Morgan fingerprint density at radius 3 is 2.17 bits per heavy atom. The molecule has 12 heavy (non-hydrogen) atoms. The molecule has 0 bridgehead atoms. The maximum atomic E-state index is 11.7. The van der Waals surface area contributed by atoms with Crippen LogP contribution in [-0.4, -0.2) is 19.0 Å². The molecule has 0 amide bonds. The fourth-order valence-corrected chi connectivity index (χ4v) is 2.10. The van der Waals surface area contributed by atoms with E-state index in [2.05, 4.69) is 6.58 Å². The van der Waals surface area contributed by atoms with Crippen LogP contribution in [0.1, 0.15) is 13.8 Å². The summed E-state index contributed by atoms with van der Waals surface area (Å²) in [5, 5.41) is 0. The zero-order valence-corrected chi connectivity index (χ0v) is 8.42. The maximum Gasteiger partial charge on any atom is 0.351 e. The fraction of sp³-hybridized carbons (Fsp3) is 0.714. The first-order valence-corrected chi connectivity index (χ1v) is 5.48. The van der Waals surface area contributed by atoms with Crippen molar-refractivity contribution in [2.75, 3.05) is 13.2 Å². The minimum absolute atomic E-state index is 0.318. The lowest BCUT2D eigenvalue weighted by Gasteiger charge is -2.20. The minimum Gasteiger partial charge on any atom is -0.314 e. The molecule has 0 spiro atoms. The van der Waals surface area contributed by atoms with Crippen LogP contribution in [0.4, 0.5) is 0 Å². The van der Waals surface area contributed by atoms with E-state index in [0.29, 0.717) is 13.2 Å². The Labute approximate surface area is 73.3 Å². The van der Waals surface area contributed by atoms with E-state index in [-0.39, 0.29) is 0 Å². The average molecular weight is 193 g/mol. The van der Waals surface area contributed by atoms with Gasteiger partial charge in [0.2, 0.25) is 0 Å². The summed E-state index contributed by atoms with van der Waals surface area (Å²) < 4.78 is 21.6. The molecular weight excluding hydrogens is 177 g/mol. The van der Waals surface area contributed by atoms with Crippen LogP contribution >= 0.6 is 7.60 Å². The molecular formula is C7H16NO3P. The van der Waals surface area contributed by atoms with Crippen LogP contribution in [0.15, 0.2) is 12.7 Å². The summed E-state index contributed by atoms with van der Waals surface area (Å²) in [5.41, 5.74) is 5.49. The van der Waals surface area contributed by atoms with Crippen molar-refractivity contribution < 1.29 is 13.6 Å². The first-order chi connectivity index (χ1) is 5.60. The predicted octanol–water partition coefficient (Wildman–Crippen LogP) is 1.72. The highest BCUT2D eigenvalue weighted by molar-refractivity contribution is 7.54. The molecule has 0 saturated heterocycles. The Morgan fingerprint density at radius 1 is 1.50 bits per heavy atom. The van der Waals surface area contributed by atoms with Gasteiger partial charge in [-0.15, -0.1) is 6.58 Å². The van der Waals surface area contributed by atoms with Gasteiger partial charge < -0.3 is 14.8 Å². The van der Waals surface area contributed by atoms with Crippen LogP contribution in [-0.2, 0) is 13.6 Å². The van der Waals surface area contributed by atoms with Gasteiger partial charge in [-0.05, 0) is 13.8 Å². The van der Waals surface area contributed by atoms with Crippen molar-refractivity contribution in [3.63, 3.8) is 0 Å². The van der Waals surface area contributed by atoms with Crippen LogP contribution in [0.5, 0.6) is 0 Å². The van der Waals surface area contributed by atoms with E-state index in [4.69, 9.17) is 14.8 Å². The van der Waals surface area contributed by atoms with Gasteiger partial charge in [0.05, 0.1) is 13.2 Å². The normalized spacial score (nSPS) is 14.2. The zero-order chi connectivity index (χ0) is 9.61. The van der Waals surface area contributed by atoms with Crippen molar-refractivity contribution >= 4 is 7.60 Å². The summed E-state index contributed by atoms with van der Waals surface area (Å²) in [4.78, 5) is 0. The lowest BCUT2D eigenvalue weighted by Crippen LogP contribution is -2.20. The summed E-state index contributed by atoms with van der Waals surface area (Å²) in [7, 11) is -3.15. The first kappa shape index (κ1) is 11.8. The van der Waals surface area contributed by atoms with Gasteiger partial charge in [-0.2, -0.15) is 0 Å². The summed E-state index contributed by atoms with van der Waals surface area (Å²) >= 11 is 0. The first-order valence-electron chi connectivity index (χ1n) is 3.87. The van der Waals surface area contributed by atoms with Gasteiger partial charge in [0.1, 0.15) is 5.78 Å². The quantitative estimate of drug-likeness (QED) is 0.515. The predicted molar refractivity (Wildman–Crippen MR) is 49.0 cm³/mol. The molecule has 0 aliphatic rings. The lowest BCUT2D eigenvalue weighted by molar-refractivity contribution is 0.216. The highest BCUT2D eigenvalue weighted by atomic mass is 31.2. The van der Waals surface area contributed by atoms with E-state index in [1.807, 2.05) is 0 Å². The Bertz CT molecular complexity index is 173. The highest BCUT2D eigenvalue weighted by Gasteiger charge is 2.29. The smallest absolute Gasteiger partial charge is 0.314 e. The van der Waals surface area contributed by atoms with Gasteiger partial charge in [0, 0.05) is 0 Å². The van der Waals surface area contributed by atoms with Crippen molar-refractivity contribution in [3.05, 3.63) is 12.7 Å². The highest BCUT2D eigenvalue weighted by Crippen LogP contribution is 2.51. The van der Waals surface area contributed by atoms with Crippen molar-refractivity contribution in [2.45, 2.75) is 19.6 Å². The van der Waals surface area contributed by atoms with Gasteiger partial charge in [0.25, 0.3) is 0 Å². The van der Waals surface area contributed by atoms with E-state index in [1.165, 1.54) is 6.08 Å². The molecule has 0 rings (SSSR count). The molecule has 0 heterocycles. The third-order valence-corrected chi connectivity index (χ3v) is 3.40. The number of nitrogens with two attached hydrogens (primary N) is 1. The molecule has 1 atom stereocenters. The third-order valence-electron chi connectivity index (χ3n) is 1.22. The average Bonchev–Trinajstić information content (AvgIpc) is 2.04. The fourth-order valence-electron chi connectivity index (χ4n) is 0.698. The summed E-state index contributed by atoms with van der Waals surface area (Å²) in [5.74, 6) is -0.739. The van der Waals surface area contributed by atoms with Gasteiger partial charge in [-0.1, -0.05) is 6.08 Å². The van der Waals surface area contributed by atoms with Crippen LogP contribution in [0, 0.1) is 0 Å². The van der Waals surface area contributed by atoms with Crippen molar-refractivity contribution in [1.29, 1.82) is 0 Å².